The monoisotopic (exact) mass is 426 g/mol. The van der Waals surface area contributed by atoms with Crippen LogP contribution in [0.25, 0.3) is 0 Å². The van der Waals surface area contributed by atoms with Crippen LogP contribution in [0.15, 0.2) is 100 Å². The highest BCUT2D eigenvalue weighted by Crippen LogP contribution is 2.16. The zero-order valence-corrected chi connectivity index (χ0v) is 15.0. The summed E-state index contributed by atoms with van der Waals surface area (Å²) >= 11 is 2.26. The van der Waals surface area contributed by atoms with Crippen molar-refractivity contribution in [1.82, 2.24) is 0 Å². The topological polar surface area (TPSA) is 49.1 Å². The van der Waals surface area contributed by atoms with Crippen molar-refractivity contribution in [2.45, 2.75) is 0 Å². The number of nitrogens with zero attached hydrogens (tertiary/aromatic N) is 3. The second-order valence-electron chi connectivity index (χ2n) is 4.96. The number of azo groups is 1. The van der Waals surface area contributed by atoms with E-state index in [4.69, 9.17) is 0 Å². The van der Waals surface area contributed by atoms with Crippen molar-refractivity contribution in [1.29, 1.82) is 0 Å². The van der Waals surface area contributed by atoms with Gasteiger partial charge >= 0.3 is 0 Å². The van der Waals surface area contributed by atoms with Crippen LogP contribution in [-0.4, -0.2) is 5.84 Å². The lowest BCUT2D eigenvalue weighted by Crippen LogP contribution is -2.00. The highest BCUT2D eigenvalue weighted by Gasteiger charge is 2.02. The number of amidine groups is 1. The van der Waals surface area contributed by atoms with E-state index >= 15 is 0 Å². The molecule has 0 aromatic heterocycles. The molecule has 0 radical (unpaired) electrons. The Morgan fingerprint density at radius 1 is 0.750 bits per heavy atom. The minimum absolute atomic E-state index is 0.526. The summed E-state index contributed by atoms with van der Waals surface area (Å²) in [5.41, 5.74) is 5.61. The minimum Gasteiger partial charge on any atom is -0.276 e. The number of rotatable bonds is 4. The van der Waals surface area contributed by atoms with E-state index in [1.165, 1.54) is 0 Å². The third-order valence-electron chi connectivity index (χ3n) is 3.18. The van der Waals surface area contributed by atoms with E-state index in [2.05, 4.69) is 43.3 Å². The first-order valence-electron chi connectivity index (χ1n) is 7.43. The maximum Gasteiger partial charge on any atom is 0.201 e. The number of hydrogen-bond donors (Lipinski definition) is 1. The van der Waals surface area contributed by atoms with Gasteiger partial charge in [0.1, 0.15) is 0 Å². The lowest BCUT2D eigenvalue weighted by molar-refractivity contribution is 1.22. The molecule has 0 bridgehead atoms. The number of halogens is 1. The summed E-state index contributed by atoms with van der Waals surface area (Å²) in [6, 6.07) is 27.4. The van der Waals surface area contributed by atoms with Crippen molar-refractivity contribution in [3.8, 4) is 0 Å². The average Bonchev–Trinajstić information content (AvgIpc) is 2.65. The highest BCUT2D eigenvalue weighted by molar-refractivity contribution is 14.1. The Balaban J connectivity index is 1.86. The molecule has 5 heteroatoms. The number of hydrazone groups is 1. The molecule has 0 amide bonds. The Labute approximate surface area is 154 Å². The SMILES string of the molecule is Ic1ccc(N=N/C(=N/Nc2ccccc2)c2ccccc2)cc1. The van der Waals surface area contributed by atoms with Crippen molar-refractivity contribution >= 4 is 39.8 Å². The molecule has 0 unspecified atom stereocenters. The molecule has 0 saturated carbocycles. The van der Waals surface area contributed by atoms with Gasteiger partial charge in [-0.2, -0.15) is 5.10 Å². The van der Waals surface area contributed by atoms with Gasteiger partial charge in [-0.05, 0) is 59.0 Å². The fraction of sp³-hybridized carbons (Fsp3) is 0. The van der Waals surface area contributed by atoms with Crippen molar-refractivity contribution in [2.75, 3.05) is 5.43 Å². The van der Waals surface area contributed by atoms with Crippen LogP contribution < -0.4 is 5.43 Å². The molecule has 0 saturated heterocycles. The van der Waals surface area contributed by atoms with Crippen molar-refractivity contribution < 1.29 is 0 Å². The summed E-state index contributed by atoms with van der Waals surface area (Å²) in [6.07, 6.45) is 0. The van der Waals surface area contributed by atoms with Crippen molar-refractivity contribution in [3.05, 3.63) is 94.1 Å². The predicted molar refractivity (Wildman–Crippen MR) is 107 cm³/mol. The molecule has 1 N–H and O–H groups in total. The molecule has 0 aliphatic heterocycles. The Morgan fingerprint density at radius 3 is 2.04 bits per heavy atom. The molecular weight excluding hydrogens is 411 g/mol. The Kier molecular flexibility index (Phi) is 5.68. The normalized spacial score (nSPS) is 11.6. The van der Waals surface area contributed by atoms with E-state index in [1.807, 2.05) is 84.9 Å². The third kappa shape index (κ3) is 4.73. The zero-order valence-electron chi connectivity index (χ0n) is 12.8. The second kappa shape index (κ2) is 8.35. The molecule has 3 rings (SSSR count). The smallest absolute Gasteiger partial charge is 0.201 e. The molecule has 0 fully saturated rings. The minimum atomic E-state index is 0.526. The van der Waals surface area contributed by atoms with Gasteiger partial charge in [-0.1, -0.05) is 48.5 Å². The molecule has 4 nitrogen and oxygen atoms in total. The summed E-state index contributed by atoms with van der Waals surface area (Å²) in [7, 11) is 0. The predicted octanol–water partition coefficient (Wildman–Crippen LogP) is 5.85. The first-order valence-corrected chi connectivity index (χ1v) is 8.50. The molecule has 0 aliphatic rings. The fourth-order valence-corrected chi connectivity index (χ4v) is 2.33. The number of para-hydroxylation sites is 1. The zero-order chi connectivity index (χ0) is 16.6. The van der Waals surface area contributed by atoms with Crippen LogP contribution in [0.5, 0.6) is 0 Å². The summed E-state index contributed by atoms with van der Waals surface area (Å²) in [6.45, 7) is 0. The van der Waals surface area contributed by atoms with Crippen LogP contribution in [0, 0.1) is 3.57 Å². The van der Waals surface area contributed by atoms with Crippen LogP contribution in [-0.2, 0) is 0 Å². The van der Waals surface area contributed by atoms with Gasteiger partial charge in [0.2, 0.25) is 5.84 Å². The van der Waals surface area contributed by atoms with Crippen molar-refractivity contribution in [2.24, 2.45) is 15.3 Å². The quantitative estimate of drug-likeness (QED) is 0.184. The number of nitrogens with one attached hydrogen (secondary N) is 1. The first kappa shape index (κ1) is 16.3. The number of benzene rings is 3. The van der Waals surface area contributed by atoms with Gasteiger partial charge in [-0.3, -0.25) is 5.43 Å². The van der Waals surface area contributed by atoms with E-state index in [0.717, 1.165) is 20.5 Å². The standard InChI is InChI=1S/C19H15IN4/c20-16-11-13-18(14-12-16)22-24-19(15-7-3-1-4-8-15)23-21-17-9-5-2-6-10-17/h1-14,21H/b23-19+,24-22?. The van der Waals surface area contributed by atoms with E-state index in [0.29, 0.717) is 5.84 Å². The van der Waals surface area contributed by atoms with Crippen LogP contribution in [0.1, 0.15) is 5.56 Å². The summed E-state index contributed by atoms with van der Waals surface area (Å²) in [5, 5.41) is 13.0. The van der Waals surface area contributed by atoms with E-state index in [9.17, 15) is 0 Å². The Bertz CT molecular complexity index is 828. The first-order chi connectivity index (χ1) is 11.8. The van der Waals surface area contributed by atoms with Gasteiger partial charge in [0.05, 0.1) is 11.4 Å². The summed E-state index contributed by atoms with van der Waals surface area (Å²) < 4.78 is 1.16. The molecule has 0 atom stereocenters. The maximum atomic E-state index is 4.40. The van der Waals surface area contributed by atoms with Gasteiger partial charge in [-0.15, -0.1) is 10.2 Å². The van der Waals surface area contributed by atoms with Gasteiger partial charge in [-0.25, -0.2) is 0 Å². The maximum absolute atomic E-state index is 4.40. The van der Waals surface area contributed by atoms with Gasteiger partial charge in [0, 0.05) is 9.13 Å². The molecule has 0 aliphatic carbocycles. The van der Waals surface area contributed by atoms with Crippen molar-refractivity contribution in [3.63, 3.8) is 0 Å². The van der Waals surface area contributed by atoms with E-state index < -0.39 is 0 Å². The molecule has 3 aromatic rings. The number of anilines is 1. The molecular formula is C19H15IN4. The summed E-state index contributed by atoms with van der Waals surface area (Å²) in [4.78, 5) is 0. The molecule has 118 valence electrons. The van der Waals surface area contributed by atoms with Crippen LogP contribution in [0.4, 0.5) is 11.4 Å². The molecule has 24 heavy (non-hydrogen) atoms. The number of hydrogen-bond acceptors (Lipinski definition) is 3. The molecule has 0 spiro atoms. The van der Waals surface area contributed by atoms with E-state index in [1.54, 1.807) is 0 Å². The largest absolute Gasteiger partial charge is 0.276 e. The Morgan fingerprint density at radius 2 is 1.38 bits per heavy atom. The molecule has 3 aromatic carbocycles. The second-order valence-corrected chi connectivity index (χ2v) is 6.20. The third-order valence-corrected chi connectivity index (χ3v) is 3.90. The van der Waals surface area contributed by atoms with Gasteiger partial charge in [0.25, 0.3) is 0 Å². The van der Waals surface area contributed by atoms with Gasteiger partial charge in [0.15, 0.2) is 0 Å². The van der Waals surface area contributed by atoms with Crippen LogP contribution >= 0.6 is 22.6 Å². The van der Waals surface area contributed by atoms with Gasteiger partial charge < -0.3 is 0 Å². The fourth-order valence-electron chi connectivity index (χ4n) is 1.97. The van der Waals surface area contributed by atoms with Crippen LogP contribution in [0.2, 0.25) is 0 Å². The summed E-state index contributed by atoms with van der Waals surface area (Å²) in [5.74, 6) is 0.526. The Hall–Kier alpha value is -2.54. The highest BCUT2D eigenvalue weighted by atomic mass is 127. The lowest BCUT2D eigenvalue weighted by atomic mass is 10.2. The van der Waals surface area contributed by atoms with Crippen LogP contribution in [0.3, 0.4) is 0 Å². The van der Waals surface area contributed by atoms with E-state index in [-0.39, 0.29) is 0 Å². The average molecular weight is 426 g/mol. The molecule has 0 heterocycles. The lowest BCUT2D eigenvalue weighted by Gasteiger charge is -2.03.